The summed E-state index contributed by atoms with van der Waals surface area (Å²) >= 11 is 0. The maximum atomic E-state index is 13.0. The van der Waals surface area contributed by atoms with Crippen LogP contribution in [-0.4, -0.2) is 44.8 Å². The molecule has 0 bridgehead atoms. The van der Waals surface area contributed by atoms with Gasteiger partial charge in [0.1, 0.15) is 0 Å². The van der Waals surface area contributed by atoms with Gasteiger partial charge >= 0.3 is 0 Å². The van der Waals surface area contributed by atoms with Gasteiger partial charge in [-0.3, -0.25) is 4.79 Å². The minimum Gasteiger partial charge on any atom is -0.493 e. The largest absolute Gasteiger partial charge is 0.493 e. The summed E-state index contributed by atoms with van der Waals surface area (Å²) in [4.78, 5) is 14.9. The first-order chi connectivity index (χ1) is 11.6. The predicted octanol–water partition coefficient (Wildman–Crippen LogP) is 3.26. The number of methoxy groups -OCH3 is 3. The van der Waals surface area contributed by atoms with Crippen molar-refractivity contribution in [3.63, 3.8) is 0 Å². The number of hydrogen-bond acceptors (Lipinski definition) is 4. The highest BCUT2D eigenvalue weighted by Gasteiger charge is 2.30. The zero-order valence-electron chi connectivity index (χ0n) is 15.2. The van der Waals surface area contributed by atoms with E-state index in [1.807, 2.05) is 30.0 Å². The first-order valence-corrected chi connectivity index (χ1v) is 8.61. The highest BCUT2D eigenvalue weighted by Crippen LogP contribution is 2.30. The zero-order valence-corrected chi connectivity index (χ0v) is 15.2. The minimum absolute atomic E-state index is 0.0381. The van der Waals surface area contributed by atoms with Crippen molar-refractivity contribution in [2.45, 2.75) is 45.2 Å². The molecule has 1 aliphatic carbocycles. The van der Waals surface area contributed by atoms with Crippen LogP contribution in [-0.2, 0) is 16.1 Å². The van der Waals surface area contributed by atoms with Crippen LogP contribution in [0.1, 0.15) is 38.2 Å². The van der Waals surface area contributed by atoms with E-state index in [0.717, 1.165) is 31.2 Å². The molecule has 1 fully saturated rings. The van der Waals surface area contributed by atoms with Crippen LogP contribution in [0.25, 0.3) is 0 Å². The van der Waals surface area contributed by atoms with Gasteiger partial charge in [-0.1, -0.05) is 18.9 Å². The van der Waals surface area contributed by atoms with Crippen molar-refractivity contribution < 1.29 is 19.0 Å². The number of hydrogen-bond donors (Lipinski definition) is 0. The Kier molecular flexibility index (Phi) is 6.91. The van der Waals surface area contributed by atoms with Gasteiger partial charge in [-0.2, -0.15) is 0 Å². The molecule has 2 rings (SSSR count). The Morgan fingerprint density at radius 3 is 2.42 bits per heavy atom. The third-order valence-corrected chi connectivity index (χ3v) is 4.73. The molecule has 0 unspecified atom stereocenters. The fourth-order valence-corrected chi connectivity index (χ4v) is 3.37. The van der Waals surface area contributed by atoms with Crippen molar-refractivity contribution in [3.05, 3.63) is 23.8 Å². The number of carbonyl (C=O) groups is 1. The van der Waals surface area contributed by atoms with Crippen LogP contribution >= 0.6 is 0 Å². The Labute approximate surface area is 144 Å². The second kappa shape index (κ2) is 8.92. The molecule has 1 saturated carbocycles. The number of amides is 1. The number of nitrogens with zero attached hydrogens (tertiary/aromatic N) is 1. The molecule has 1 aromatic carbocycles. The molecule has 5 nitrogen and oxygen atoms in total. The quantitative estimate of drug-likeness (QED) is 0.732. The fraction of sp³-hybridized carbons (Fsp3) is 0.632. The van der Waals surface area contributed by atoms with Crippen LogP contribution in [0.4, 0.5) is 0 Å². The van der Waals surface area contributed by atoms with E-state index in [1.54, 1.807) is 21.3 Å². The van der Waals surface area contributed by atoms with E-state index < -0.39 is 0 Å². The minimum atomic E-state index is 0.0381. The molecule has 5 heteroatoms. The third-order valence-electron chi connectivity index (χ3n) is 4.73. The van der Waals surface area contributed by atoms with Gasteiger partial charge < -0.3 is 19.1 Å². The van der Waals surface area contributed by atoms with Gasteiger partial charge in [-0.15, -0.1) is 0 Å². The van der Waals surface area contributed by atoms with E-state index in [2.05, 4.69) is 0 Å². The maximum Gasteiger partial charge on any atom is 0.226 e. The standard InChI is InChI=1S/C19H29NO4/c1-14(13-22-2)20(19(21)16-7-5-6-8-16)12-15-9-10-17(23-3)18(11-15)24-4/h9-11,14,16H,5-8,12-13H2,1-4H3/t14-/m0/s1. The summed E-state index contributed by atoms with van der Waals surface area (Å²) in [5.41, 5.74) is 1.03. The third kappa shape index (κ3) is 4.41. The molecule has 0 radical (unpaired) electrons. The maximum absolute atomic E-state index is 13.0. The monoisotopic (exact) mass is 335 g/mol. The number of carbonyl (C=O) groups excluding carboxylic acids is 1. The Bertz CT molecular complexity index is 540. The van der Waals surface area contributed by atoms with Crippen LogP contribution in [0.5, 0.6) is 11.5 Å². The lowest BCUT2D eigenvalue weighted by Gasteiger charge is -2.31. The van der Waals surface area contributed by atoms with Crippen molar-refractivity contribution in [2.75, 3.05) is 27.9 Å². The van der Waals surface area contributed by atoms with Crippen molar-refractivity contribution in [2.24, 2.45) is 5.92 Å². The second-order valence-electron chi connectivity index (χ2n) is 6.44. The second-order valence-corrected chi connectivity index (χ2v) is 6.44. The van der Waals surface area contributed by atoms with Gasteiger partial charge in [0.25, 0.3) is 0 Å². The highest BCUT2D eigenvalue weighted by molar-refractivity contribution is 5.79. The molecule has 1 atom stereocenters. The number of ether oxygens (including phenoxy) is 3. The van der Waals surface area contributed by atoms with Crippen LogP contribution in [0.2, 0.25) is 0 Å². The molecule has 1 amide bonds. The summed E-state index contributed by atoms with van der Waals surface area (Å²) in [6.45, 7) is 3.13. The Morgan fingerprint density at radius 2 is 1.83 bits per heavy atom. The summed E-state index contributed by atoms with van der Waals surface area (Å²) in [5, 5.41) is 0. The summed E-state index contributed by atoms with van der Waals surface area (Å²) in [6.07, 6.45) is 4.31. The molecular weight excluding hydrogens is 306 g/mol. The summed E-state index contributed by atoms with van der Waals surface area (Å²) in [5.74, 6) is 1.78. The van der Waals surface area contributed by atoms with Gasteiger partial charge in [-0.25, -0.2) is 0 Å². The topological polar surface area (TPSA) is 48.0 Å². The van der Waals surface area contributed by atoms with Gasteiger partial charge in [0.05, 0.1) is 26.9 Å². The number of benzene rings is 1. The SMILES string of the molecule is COC[C@H](C)N(Cc1ccc(OC)c(OC)c1)C(=O)C1CCCC1. The zero-order chi connectivity index (χ0) is 17.5. The molecule has 0 aliphatic heterocycles. The van der Waals surface area contributed by atoms with E-state index in [0.29, 0.717) is 24.7 Å². The molecule has 24 heavy (non-hydrogen) atoms. The number of rotatable bonds is 8. The van der Waals surface area contributed by atoms with Crippen molar-refractivity contribution in [1.82, 2.24) is 4.90 Å². The Hall–Kier alpha value is -1.75. The van der Waals surface area contributed by atoms with Gasteiger partial charge in [0, 0.05) is 19.6 Å². The molecule has 134 valence electrons. The van der Waals surface area contributed by atoms with Crippen molar-refractivity contribution in [1.29, 1.82) is 0 Å². The van der Waals surface area contributed by atoms with E-state index in [-0.39, 0.29) is 17.9 Å². The molecule has 0 aromatic heterocycles. The predicted molar refractivity (Wildman–Crippen MR) is 93.4 cm³/mol. The molecule has 0 heterocycles. The van der Waals surface area contributed by atoms with E-state index in [9.17, 15) is 4.79 Å². The summed E-state index contributed by atoms with van der Waals surface area (Å²) in [6, 6.07) is 5.84. The lowest BCUT2D eigenvalue weighted by Crippen LogP contribution is -2.43. The average Bonchev–Trinajstić information content (AvgIpc) is 3.13. The van der Waals surface area contributed by atoms with Crippen molar-refractivity contribution in [3.8, 4) is 11.5 Å². The normalized spacial score (nSPS) is 16.0. The summed E-state index contributed by atoms with van der Waals surface area (Å²) in [7, 11) is 4.91. The van der Waals surface area contributed by atoms with Crippen LogP contribution in [0.15, 0.2) is 18.2 Å². The smallest absolute Gasteiger partial charge is 0.226 e. The van der Waals surface area contributed by atoms with Crippen LogP contribution in [0.3, 0.4) is 0 Å². The van der Waals surface area contributed by atoms with Crippen LogP contribution in [0, 0.1) is 5.92 Å². The van der Waals surface area contributed by atoms with Gasteiger partial charge in [-0.05, 0) is 37.5 Å². The summed E-state index contributed by atoms with van der Waals surface area (Å²) < 4.78 is 15.9. The van der Waals surface area contributed by atoms with Crippen molar-refractivity contribution >= 4 is 5.91 Å². The van der Waals surface area contributed by atoms with Gasteiger partial charge in [0.2, 0.25) is 5.91 Å². The first kappa shape index (κ1) is 18.6. The molecule has 0 saturated heterocycles. The lowest BCUT2D eigenvalue weighted by atomic mass is 10.0. The molecule has 0 spiro atoms. The first-order valence-electron chi connectivity index (χ1n) is 8.61. The lowest BCUT2D eigenvalue weighted by molar-refractivity contribution is -0.139. The Morgan fingerprint density at radius 1 is 1.17 bits per heavy atom. The average molecular weight is 335 g/mol. The van der Waals surface area contributed by atoms with E-state index in [4.69, 9.17) is 14.2 Å². The van der Waals surface area contributed by atoms with Crippen LogP contribution < -0.4 is 9.47 Å². The molecular formula is C19H29NO4. The van der Waals surface area contributed by atoms with E-state index >= 15 is 0 Å². The van der Waals surface area contributed by atoms with Gasteiger partial charge in [0.15, 0.2) is 11.5 Å². The highest BCUT2D eigenvalue weighted by atomic mass is 16.5. The molecule has 1 aromatic rings. The molecule has 1 aliphatic rings. The fourth-order valence-electron chi connectivity index (χ4n) is 3.37. The van der Waals surface area contributed by atoms with E-state index in [1.165, 1.54) is 0 Å². The molecule has 0 N–H and O–H groups in total. The Balaban J connectivity index is 2.19.